The summed E-state index contributed by atoms with van der Waals surface area (Å²) in [6, 6.07) is 13.3. The predicted molar refractivity (Wildman–Crippen MR) is 133 cm³/mol. The van der Waals surface area contributed by atoms with Gasteiger partial charge in [0.1, 0.15) is 18.0 Å². The van der Waals surface area contributed by atoms with Crippen LogP contribution in [0.5, 0.6) is 5.75 Å². The average Bonchev–Trinajstić information content (AvgIpc) is 2.85. The van der Waals surface area contributed by atoms with Gasteiger partial charge in [-0.05, 0) is 50.5 Å². The third kappa shape index (κ3) is 4.62. The molecule has 2 amide bonds. The van der Waals surface area contributed by atoms with Crippen molar-refractivity contribution in [2.24, 2.45) is 0 Å². The molecule has 2 aromatic rings. The zero-order chi connectivity index (χ0) is 25.4. The van der Waals surface area contributed by atoms with Gasteiger partial charge < -0.3 is 20.5 Å². The van der Waals surface area contributed by atoms with E-state index in [1.54, 1.807) is 25.1 Å². The van der Waals surface area contributed by atoms with Crippen LogP contribution >= 0.6 is 0 Å². The molecule has 1 unspecified atom stereocenters. The summed E-state index contributed by atoms with van der Waals surface area (Å²) >= 11 is 0. The van der Waals surface area contributed by atoms with Crippen molar-refractivity contribution in [1.29, 1.82) is 5.41 Å². The quantitative estimate of drug-likeness (QED) is 0.506. The Hall–Kier alpha value is -3.39. The summed E-state index contributed by atoms with van der Waals surface area (Å²) in [5.74, 6) is 0.281. The van der Waals surface area contributed by atoms with E-state index in [1.807, 2.05) is 51.1 Å². The zero-order valence-electron chi connectivity index (χ0n) is 20.7. The van der Waals surface area contributed by atoms with Gasteiger partial charge in [0.2, 0.25) is 5.91 Å². The van der Waals surface area contributed by atoms with E-state index in [2.05, 4.69) is 10.6 Å². The number of ether oxygens (including phenoxy) is 1. The average molecular weight is 479 g/mol. The number of hydrogen-bond acceptors (Lipinski definition) is 5. The molecule has 0 aromatic heterocycles. The molecule has 2 aliphatic heterocycles. The molecule has 3 atom stereocenters. The van der Waals surface area contributed by atoms with Crippen molar-refractivity contribution >= 4 is 17.8 Å². The van der Waals surface area contributed by atoms with Crippen LogP contribution < -0.4 is 15.4 Å². The van der Waals surface area contributed by atoms with E-state index in [0.29, 0.717) is 17.7 Å². The lowest BCUT2D eigenvalue weighted by atomic mass is 9.86. The lowest BCUT2D eigenvalue weighted by molar-refractivity contribution is -0.132. The number of aliphatic hydroxyl groups is 1. The molecule has 0 radical (unpaired) electrons. The van der Waals surface area contributed by atoms with Crippen LogP contribution in [0.15, 0.2) is 48.5 Å². The molecule has 2 aromatic carbocycles. The first kappa shape index (κ1) is 24.7. The van der Waals surface area contributed by atoms with Crippen molar-refractivity contribution in [3.05, 3.63) is 65.2 Å². The van der Waals surface area contributed by atoms with Crippen molar-refractivity contribution in [1.82, 2.24) is 15.5 Å². The molecule has 0 spiro atoms. The minimum atomic E-state index is -1.28. The molecule has 8 heteroatoms. The maximum atomic E-state index is 13.3. The van der Waals surface area contributed by atoms with Gasteiger partial charge in [-0.15, -0.1) is 0 Å². The van der Waals surface area contributed by atoms with Gasteiger partial charge in [-0.25, -0.2) is 0 Å². The Labute approximate surface area is 206 Å². The van der Waals surface area contributed by atoms with E-state index in [4.69, 9.17) is 10.1 Å². The number of nitrogens with zero attached hydrogens (tertiary/aromatic N) is 1. The number of guanidine groups is 1. The van der Waals surface area contributed by atoms with Gasteiger partial charge >= 0.3 is 0 Å². The normalized spacial score (nSPS) is 24.1. The molecule has 35 heavy (non-hydrogen) atoms. The van der Waals surface area contributed by atoms with Crippen LogP contribution in [0.4, 0.5) is 0 Å². The summed E-state index contributed by atoms with van der Waals surface area (Å²) < 4.78 is 5.66. The van der Waals surface area contributed by atoms with Gasteiger partial charge in [-0.1, -0.05) is 44.2 Å². The monoisotopic (exact) mass is 478 g/mol. The third-order valence-electron chi connectivity index (χ3n) is 7.40. The number of para-hydroxylation sites is 1. The maximum Gasteiger partial charge on any atom is 0.251 e. The van der Waals surface area contributed by atoms with Crippen LogP contribution in [-0.2, 0) is 4.79 Å². The van der Waals surface area contributed by atoms with Crippen LogP contribution in [0.2, 0.25) is 0 Å². The third-order valence-corrected chi connectivity index (χ3v) is 7.40. The number of fused-ring (bicyclic) bond motifs is 1. The van der Waals surface area contributed by atoms with E-state index < -0.39 is 17.7 Å². The number of amides is 2. The first-order valence-corrected chi connectivity index (χ1v) is 12.1. The lowest BCUT2D eigenvalue weighted by Gasteiger charge is -2.44. The Bertz CT molecular complexity index is 1120. The Morgan fingerprint density at radius 1 is 1.26 bits per heavy atom. The molecule has 186 valence electrons. The van der Waals surface area contributed by atoms with Crippen molar-refractivity contribution < 1.29 is 19.4 Å². The van der Waals surface area contributed by atoms with Gasteiger partial charge in [0, 0.05) is 16.7 Å². The first-order chi connectivity index (χ1) is 16.6. The van der Waals surface area contributed by atoms with Crippen molar-refractivity contribution in [3.8, 4) is 5.75 Å². The topological polar surface area (TPSA) is 115 Å². The van der Waals surface area contributed by atoms with Crippen molar-refractivity contribution in [2.75, 3.05) is 6.61 Å². The Morgan fingerprint density at radius 2 is 1.97 bits per heavy atom. The van der Waals surface area contributed by atoms with Crippen LogP contribution in [0, 0.1) is 5.41 Å². The Morgan fingerprint density at radius 3 is 2.66 bits per heavy atom. The first-order valence-electron chi connectivity index (χ1n) is 12.1. The second-order valence-corrected chi connectivity index (χ2v) is 9.79. The molecule has 1 fully saturated rings. The molecular formula is C27H34N4O4. The fourth-order valence-corrected chi connectivity index (χ4v) is 4.97. The van der Waals surface area contributed by atoms with Gasteiger partial charge in [0.05, 0.1) is 18.5 Å². The Kier molecular flexibility index (Phi) is 6.60. The molecular weight excluding hydrogens is 444 g/mol. The molecule has 2 aliphatic rings. The van der Waals surface area contributed by atoms with E-state index in [9.17, 15) is 14.7 Å². The number of carbonyl (C=O) groups is 2. The SMILES string of the molecule is CCC1(CC)CC(=O)N([C@H](C)c2cccc(C(=O)N[C@@H]3c4ccccc4OCC3(C)O)c2)C(=N)N1. The fourth-order valence-electron chi connectivity index (χ4n) is 4.97. The number of rotatable bonds is 6. The second-order valence-electron chi connectivity index (χ2n) is 9.79. The largest absolute Gasteiger partial charge is 0.490 e. The van der Waals surface area contributed by atoms with Crippen LogP contribution in [-0.4, -0.2) is 45.5 Å². The van der Waals surface area contributed by atoms with E-state index in [1.165, 1.54) is 4.90 Å². The molecule has 8 nitrogen and oxygen atoms in total. The molecule has 0 saturated carbocycles. The minimum Gasteiger partial charge on any atom is -0.490 e. The standard InChI is InChI=1S/C27H34N4O4/c1-5-27(6-2)15-22(32)31(25(28)30-27)17(3)18-10-9-11-19(14-18)24(33)29-23-20-12-7-8-13-21(20)35-16-26(23,4)34/h7-14,17,23,34H,5-6,15-16H2,1-4H3,(H2,28,30)(H,29,33)/t17-,23-,26?/m1/s1. The minimum absolute atomic E-state index is 0.0647. The van der Waals surface area contributed by atoms with Crippen LogP contribution in [0.1, 0.15) is 80.5 Å². The summed E-state index contributed by atoms with van der Waals surface area (Å²) in [6.45, 7) is 7.60. The summed E-state index contributed by atoms with van der Waals surface area (Å²) in [5.41, 5.74) is 0.214. The Balaban J connectivity index is 1.55. The van der Waals surface area contributed by atoms with E-state index >= 15 is 0 Å². The highest BCUT2D eigenvalue weighted by Crippen LogP contribution is 2.38. The zero-order valence-corrected chi connectivity index (χ0v) is 20.7. The van der Waals surface area contributed by atoms with E-state index in [0.717, 1.165) is 24.0 Å². The van der Waals surface area contributed by atoms with Crippen molar-refractivity contribution in [2.45, 2.75) is 70.2 Å². The molecule has 0 bridgehead atoms. The smallest absolute Gasteiger partial charge is 0.251 e. The molecule has 2 heterocycles. The highest BCUT2D eigenvalue weighted by molar-refractivity contribution is 6.00. The summed E-state index contributed by atoms with van der Waals surface area (Å²) in [7, 11) is 0. The highest BCUT2D eigenvalue weighted by atomic mass is 16.5. The molecule has 1 saturated heterocycles. The fraction of sp³-hybridized carbons (Fsp3) is 0.444. The van der Waals surface area contributed by atoms with Gasteiger partial charge in [-0.3, -0.25) is 19.9 Å². The number of carbonyl (C=O) groups excluding carboxylic acids is 2. The van der Waals surface area contributed by atoms with Gasteiger partial charge in [0.15, 0.2) is 5.96 Å². The van der Waals surface area contributed by atoms with Crippen LogP contribution in [0.3, 0.4) is 0 Å². The summed E-state index contributed by atoms with van der Waals surface area (Å²) in [4.78, 5) is 27.8. The highest BCUT2D eigenvalue weighted by Gasteiger charge is 2.42. The predicted octanol–water partition coefficient (Wildman–Crippen LogP) is 3.68. The van der Waals surface area contributed by atoms with E-state index in [-0.39, 0.29) is 29.9 Å². The molecule has 4 rings (SSSR count). The van der Waals surface area contributed by atoms with Crippen LogP contribution in [0.25, 0.3) is 0 Å². The van der Waals surface area contributed by atoms with Gasteiger partial charge in [0.25, 0.3) is 5.91 Å². The maximum absolute atomic E-state index is 13.3. The summed E-state index contributed by atoms with van der Waals surface area (Å²) in [6.07, 6.45) is 1.84. The second kappa shape index (κ2) is 9.34. The number of hydrogen-bond donors (Lipinski definition) is 4. The molecule has 0 aliphatic carbocycles. The number of nitrogens with one attached hydrogen (secondary N) is 3. The number of benzene rings is 2. The molecule has 4 N–H and O–H groups in total. The van der Waals surface area contributed by atoms with Gasteiger partial charge in [-0.2, -0.15) is 0 Å². The summed E-state index contributed by atoms with van der Waals surface area (Å²) in [5, 5.41) is 25.6. The van der Waals surface area contributed by atoms with Crippen molar-refractivity contribution in [3.63, 3.8) is 0 Å². The lowest BCUT2D eigenvalue weighted by Crippen LogP contribution is -2.62.